The van der Waals surface area contributed by atoms with Crippen molar-refractivity contribution in [3.05, 3.63) is 60.2 Å². The van der Waals surface area contributed by atoms with E-state index in [2.05, 4.69) is 10.6 Å². The molecule has 3 rings (SSSR count). The summed E-state index contributed by atoms with van der Waals surface area (Å²) >= 11 is 0. The number of allylic oxidation sites excluding steroid dienone is 2. The summed E-state index contributed by atoms with van der Waals surface area (Å²) in [6.07, 6.45) is 6.51. The SMILES string of the molecule is O=C(NC12C=CC=CC1C(=O)NC2=O)c1ccccc1. The summed E-state index contributed by atoms with van der Waals surface area (Å²) in [6, 6.07) is 8.57. The van der Waals surface area contributed by atoms with Gasteiger partial charge in [0.05, 0.1) is 5.92 Å². The van der Waals surface area contributed by atoms with E-state index >= 15 is 0 Å². The van der Waals surface area contributed by atoms with Crippen LogP contribution in [0, 0.1) is 5.92 Å². The number of fused-ring (bicyclic) bond motifs is 1. The normalized spacial score (nSPS) is 27.1. The Labute approximate surface area is 115 Å². The van der Waals surface area contributed by atoms with Crippen molar-refractivity contribution in [2.75, 3.05) is 0 Å². The summed E-state index contributed by atoms with van der Waals surface area (Å²) in [5.74, 6) is -1.99. The highest BCUT2D eigenvalue weighted by Crippen LogP contribution is 2.30. The molecule has 20 heavy (non-hydrogen) atoms. The summed E-state index contributed by atoms with van der Waals surface area (Å²) in [5.41, 5.74) is -0.880. The molecule has 0 radical (unpaired) electrons. The van der Waals surface area contributed by atoms with Gasteiger partial charge >= 0.3 is 0 Å². The lowest BCUT2D eigenvalue weighted by molar-refractivity contribution is -0.126. The Morgan fingerprint density at radius 1 is 1.15 bits per heavy atom. The van der Waals surface area contributed by atoms with Crippen LogP contribution < -0.4 is 10.6 Å². The molecule has 100 valence electrons. The summed E-state index contributed by atoms with van der Waals surface area (Å²) in [7, 11) is 0. The van der Waals surface area contributed by atoms with Gasteiger partial charge in [-0.25, -0.2) is 0 Å². The van der Waals surface area contributed by atoms with E-state index in [1.54, 1.807) is 54.6 Å². The maximum absolute atomic E-state index is 12.2. The highest BCUT2D eigenvalue weighted by atomic mass is 16.2. The fourth-order valence-electron chi connectivity index (χ4n) is 2.47. The van der Waals surface area contributed by atoms with Crippen molar-refractivity contribution in [2.45, 2.75) is 5.54 Å². The molecule has 1 aliphatic carbocycles. The molecule has 2 unspecified atom stereocenters. The first-order chi connectivity index (χ1) is 9.63. The predicted molar refractivity (Wildman–Crippen MR) is 71.6 cm³/mol. The summed E-state index contributed by atoms with van der Waals surface area (Å²) in [6.45, 7) is 0. The van der Waals surface area contributed by atoms with Gasteiger partial charge in [0.25, 0.3) is 11.8 Å². The lowest BCUT2D eigenvalue weighted by Crippen LogP contribution is -2.56. The van der Waals surface area contributed by atoms with Gasteiger partial charge in [-0.05, 0) is 18.2 Å². The van der Waals surface area contributed by atoms with E-state index in [4.69, 9.17) is 0 Å². The zero-order valence-electron chi connectivity index (χ0n) is 10.5. The van der Waals surface area contributed by atoms with E-state index < -0.39 is 23.3 Å². The third-order valence-electron chi connectivity index (χ3n) is 3.52. The monoisotopic (exact) mass is 268 g/mol. The maximum atomic E-state index is 12.2. The maximum Gasteiger partial charge on any atom is 0.257 e. The molecule has 1 fully saturated rings. The van der Waals surface area contributed by atoms with Gasteiger partial charge in [-0.15, -0.1) is 0 Å². The zero-order chi connectivity index (χ0) is 14.2. The Morgan fingerprint density at radius 3 is 2.65 bits per heavy atom. The van der Waals surface area contributed by atoms with Crippen molar-refractivity contribution in [2.24, 2.45) is 5.92 Å². The summed E-state index contributed by atoms with van der Waals surface area (Å²) < 4.78 is 0. The molecular formula is C15H12N2O3. The van der Waals surface area contributed by atoms with E-state index in [9.17, 15) is 14.4 Å². The van der Waals surface area contributed by atoms with Crippen molar-refractivity contribution in [3.8, 4) is 0 Å². The van der Waals surface area contributed by atoms with Crippen LogP contribution in [-0.2, 0) is 9.59 Å². The number of imide groups is 1. The highest BCUT2D eigenvalue weighted by molar-refractivity contribution is 6.14. The Morgan fingerprint density at radius 2 is 1.90 bits per heavy atom. The third kappa shape index (κ3) is 1.75. The standard InChI is InChI=1S/C15H12N2O3/c18-12(10-6-2-1-3-7-10)17-15-9-5-4-8-11(15)13(19)16-14(15)20/h1-9,11H,(H,17,18)(H,16,19,20). The van der Waals surface area contributed by atoms with Crippen LogP contribution in [0.2, 0.25) is 0 Å². The van der Waals surface area contributed by atoms with Crippen molar-refractivity contribution in [1.82, 2.24) is 10.6 Å². The van der Waals surface area contributed by atoms with Crippen LogP contribution >= 0.6 is 0 Å². The average molecular weight is 268 g/mol. The number of nitrogens with one attached hydrogen (secondary N) is 2. The average Bonchev–Trinajstić information content (AvgIpc) is 2.72. The minimum absolute atomic E-state index is 0.389. The molecule has 2 atom stereocenters. The van der Waals surface area contributed by atoms with Crippen LogP contribution in [0.15, 0.2) is 54.6 Å². The minimum Gasteiger partial charge on any atom is -0.333 e. The number of carbonyl (C=O) groups excluding carboxylic acids is 3. The van der Waals surface area contributed by atoms with Crippen LogP contribution in [0.4, 0.5) is 0 Å². The fraction of sp³-hybridized carbons (Fsp3) is 0.133. The van der Waals surface area contributed by atoms with Crippen molar-refractivity contribution < 1.29 is 14.4 Å². The second kappa shape index (κ2) is 4.45. The third-order valence-corrected chi connectivity index (χ3v) is 3.52. The molecule has 0 spiro atoms. The Hall–Kier alpha value is -2.69. The highest BCUT2D eigenvalue weighted by Gasteiger charge is 2.54. The van der Waals surface area contributed by atoms with Crippen molar-refractivity contribution in [3.63, 3.8) is 0 Å². The van der Waals surface area contributed by atoms with Gasteiger partial charge in [0, 0.05) is 5.56 Å². The zero-order valence-corrected chi connectivity index (χ0v) is 10.5. The summed E-state index contributed by atoms with van der Waals surface area (Å²) in [5, 5.41) is 4.94. The lowest BCUT2D eigenvalue weighted by Gasteiger charge is -2.29. The Balaban J connectivity index is 1.94. The molecule has 0 saturated carbocycles. The van der Waals surface area contributed by atoms with Gasteiger partial charge in [0.2, 0.25) is 5.91 Å². The fourth-order valence-corrected chi connectivity index (χ4v) is 2.47. The smallest absolute Gasteiger partial charge is 0.257 e. The number of hydrogen-bond donors (Lipinski definition) is 2. The predicted octanol–water partition coefficient (Wildman–Crippen LogP) is 0.554. The Kier molecular flexibility index (Phi) is 2.75. The topological polar surface area (TPSA) is 75.3 Å². The molecule has 5 heteroatoms. The molecule has 0 bridgehead atoms. The molecule has 1 saturated heterocycles. The second-order valence-electron chi connectivity index (χ2n) is 4.73. The minimum atomic E-state index is -1.32. The number of rotatable bonds is 2. The molecule has 0 aromatic heterocycles. The van der Waals surface area contributed by atoms with Crippen LogP contribution in [0.5, 0.6) is 0 Å². The van der Waals surface area contributed by atoms with Gasteiger partial charge in [-0.1, -0.05) is 36.4 Å². The van der Waals surface area contributed by atoms with Crippen LogP contribution in [0.3, 0.4) is 0 Å². The van der Waals surface area contributed by atoms with E-state index in [0.717, 1.165) is 0 Å². The van der Waals surface area contributed by atoms with Gasteiger partial charge in [0.1, 0.15) is 0 Å². The summed E-state index contributed by atoms with van der Waals surface area (Å²) in [4.78, 5) is 36.1. The van der Waals surface area contributed by atoms with Gasteiger partial charge in [0.15, 0.2) is 5.54 Å². The van der Waals surface area contributed by atoms with Gasteiger partial charge in [-0.3, -0.25) is 19.7 Å². The van der Waals surface area contributed by atoms with E-state index in [1.807, 2.05) is 0 Å². The van der Waals surface area contributed by atoms with Crippen LogP contribution in [0.1, 0.15) is 10.4 Å². The first-order valence-corrected chi connectivity index (χ1v) is 6.22. The Bertz CT molecular complexity index is 648. The largest absolute Gasteiger partial charge is 0.333 e. The second-order valence-corrected chi connectivity index (χ2v) is 4.73. The molecule has 2 N–H and O–H groups in total. The molecular weight excluding hydrogens is 256 g/mol. The van der Waals surface area contributed by atoms with E-state index in [0.29, 0.717) is 5.56 Å². The molecule has 2 aliphatic rings. The first kappa shape index (κ1) is 12.3. The molecule has 1 aromatic rings. The molecule has 1 heterocycles. The van der Waals surface area contributed by atoms with E-state index in [-0.39, 0.29) is 5.91 Å². The van der Waals surface area contributed by atoms with Crippen molar-refractivity contribution in [1.29, 1.82) is 0 Å². The molecule has 1 aliphatic heterocycles. The molecule has 3 amide bonds. The molecule has 1 aromatic carbocycles. The number of amides is 3. The number of carbonyl (C=O) groups is 3. The number of hydrogen-bond acceptors (Lipinski definition) is 3. The number of benzene rings is 1. The first-order valence-electron chi connectivity index (χ1n) is 6.22. The van der Waals surface area contributed by atoms with Crippen LogP contribution in [0.25, 0.3) is 0 Å². The molecule has 5 nitrogen and oxygen atoms in total. The van der Waals surface area contributed by atoms with Gasteiger partial charge in [-0.2, -0.15) is 0 Å². The quantitative estimate of drug-likeness (QED) is 0.769. The van der Waals surface area contributed by atoms with Gasteiger partial charge < -0.3 is 5.32 Å². The lowest BCUT2D eigenvalue weighted by atomic mass is 9.82. The van der Waals surface area contributed by atoms with E-state index in [1.165, 1.54) is 0 Å². The van der Waals surface area contributed by atoms with Crippen molar-refractivity contribution >= 4 is 17.7 Å². The van der Waals surface area contributed by atoms with Crippen LogP contribution in [-0.4, -0.2) is 23.3 Å².